The third-order valence-electron chi connectivity index (χ3n) is 4.47. The molecule has 0 saturated carbocycles. The summed E-state index contributed by atoms with van der Waals surface area (Å²) >= 11 is 0. The van der Waals surface area contributed by atoms with Crippen LogP contribution in [-0.4, -0.2) is 63.0 Å². The van der Waals surface area contributed by atoms with Crippen molar-refractivity contribution in [3.63, 3.8) is 0 Å². The number of halogens is 2. The molecule has 152 valence electrons. The van der Waals surface area contributed by atoms with Crippen LogP contribution in [0.4, 0.5) is 20.5 Å². The van der Waals surface area contributed by atoms with Gasteiger partial charge in [0.1, 0.15) is 17.5 Å². The Morgan fingerprint density at radius 2 is 1.61 bits per heavy atom. The summed E-state index contributed by atoms with van der Waals surface area (Å²) in [5, 5.41) is 0. The number of sulfonamides is 1. The quantitative estimate of drug-likeness (QED) is 0.747. The topological polar surface area (TPSA) is 69.6 Å². The van der Waals surface area contributed by atoms with E-state index in [1.165, 1.54) is 4.31 Å². The number of hydrogen-bond acceptors (Lipinski definition) is 6. The van der Waals surface area contributed by atoms with Crippen molar-refractivity contribution in [3.05, 3.63) is 47.2 Å². The van der Waals surface area contributed by atoms with Crippen LogP contribution in [0.3, 0.4) is 0 Å². The third-order valence-corrected chi connectivity index (χ3v) is 6.32. The normalized spacial score (nSPS) is 15.7. The first kappa shape index (κ1) is 20.4. The molecular weight excluding hydrogens is 388 g/mol. The number of aromatic nitrogens is 2. The third kappa shape index (κ3) is 4.74. The minimum atomic E-state index is -3.68. The molecule has 7 nitrogen and oxygen atoms in total. The standard InChI is InChI=1S/C18H23F2N5O2S/c1-13-8-17(23(2)3)22-18(21-13)24-4-6-25(7-5-24)28(26,27)12-14-9-15(19)11-16(20)10-14/h8-11H,4-7,12H2,1-3H3. The molecule has 0 atom stereocenters. The van der Waals surface area contributed by atoms with E-state index in [0.717, 1.165) is 29.7 Å². The van der Waals surface area contributed by atoms with Gasteiger partial charge >= 0.3 is 0 Å². The van der Waals surface area contributed by atoms with E-state index in [9.17, 15) is 17.2 Å². The van der Waals surface area contributed by atoms with Gasteiger partial charge in [-0.25, -0.2) is 22.2 Å². The number of piperazine rings is 1. The lowest BCUT2D eigenvalue weighted by Crippen LogP contribution is -2.49. The van der Waals surface area contributed by atoms with Gasteiger partial charge in [-0.1, -0.05) is 0 Å². The predicted molar refractivity (Wildman–Crippen MR) is 104 cm³/mol. The monoisotopic (exact) mass is 411 g/mol. The van der Waals surface area contributed by atoms with Gasteiger partial charge in [-0.05, 0) is 24.6 Å². The Labute approximate surface area is 163 Å². The van der Waals surface area contributed by atoms with Crippen molar-refractivity contribution in [1.82, 2.24) is 14.3 Å². The van der Waals surface area contributed by atoms with Crippen LogP contribution < -0.4 is 9.80 Å². The second-order valence-electron chi connectivity index (χ2n) is 6.98. The zero-order valence-electron chi connectivity index (χ0n) is 16.1. The largest absolute Gasteiger partial charge is 0.363 e. The first-order valence-electron chi connectivity index (χ1n) is 8.85. The van der Waals surface area contributed by atoms with Crippen molar-refractivity contribution in [1.29, 1.82) is 0 Å². The van der Waals surface area contributed by atoms with Crippen molar-refractivity contribution in [2.75, 3.05) is 50.1 Å². The van der Waals surface area contributed by atoms with E-state index in [2.05, 4.69) is 9.97 Å². The molecule has 2 aromatic rings. The van der Waals surface area contributed by atoms with Gasteiger partial charge in [0.05, 0.1) is 5.75 Å². The average molecular weight is 411 g/mol. The Bertz CT molecular complexity index is 940. The van der Waals surface area contributed by atoms with E-state index in [4.69, 9.17) is 0 Å². The Hall–Kier alpha value is -2.33. The predicted octanol–water partition coefficient (Wildman–Crippen LogP) is 1.78. The molecule has 0 radical (unpaired) electrons. The molecule has 1 aliphatic rings. The number of benzene rings is 1. The van der Waals surface area contributed by atoms with Crippen LogP contribution in [0, 0.1) is 18.6 Å². The molecule has 1 saturated heterocycles. The van der Waals surface area contributed by atoms with Gasteiger partial charge in [0.25, 0.3) is 0 Å². The SMILES string of the molecule is Cc1cc(N(C)C)nc(N2CCN(S(=O)(=O)Cc3cc(F)cc(F)c3)CC2)n1. The zero-order chi connectivity index (χ0) is 20.5. The number of rotatable bonds is 5. The van der Waals surface area contributed by atoms with Crippen LogP contribution in [0.15, 0.2) is 24.3 Å². The zero-order valence-corrected chi connectivity index (χ0v) is 16.9. The summed E-state index contributed by atoms with van der Waals surface area (Å²) in [6.45, 7) is 3.28. The van der Waals surface area contributed by atoms with Gasteiger partial charge in [-0.3, -0.25) is 0 Å². The summed E-state index contributed by atoms with van der Waals surface area (Å²) in [5.41, 5.74) is 0.925. The van der Waals surface area contributed by atoms with Crippen LogP contribution in [0.25, 0.3) is 0 Å². The average Bonchev–Trinajstić information content (AvgIpc) is 2.60. The summed E-state index contributed by atoms with van der Waals surface area (Å²) in [6.07, 6.45) is 0. The molecule has 0 amide bonds. The van der Waals surface area contributed by atoms with Crippen molar-refractivity contribution in [2.45, 2.75) is 12.7 Å². The van der Waals surface area contributed by atoms with Crippen LogP contribution in [0.1, 0.15) is 11.3 Å². The highest BCUT2D eigenvalue weighted by atomic mass is 32.2. The molecule has 0 aliphatic carbocycles. The van der Waals surface area contributed by atoms with Gasteiger partial charge < -0.3 is 9.80 Å². The molecule has 1 aliphatic heterocycles. The molecule has 0 bridgehead atoms. The van der Waals surface area contributed by atoms with Crippen LogP contribution >= 0.6 is 0 Å². The molecule has 0 N–H and O–H groups in total. The van der Waals surface area contributed by atoms with Gasteiger partial charge in [0.2, 0.25) is 16.0 Å². The maximum absolute atomic E-state index is 13.3. The van der Waals surface area contributed by atoms with E-state index >= 15 is 0 Å². The minimum Gasteiger partial charge on any atom is -0.363 e. The molecule has 28 heavy (non-hydrogen) atoms. The van der Waals surface area contributed by atoms with Crippen molar-refractivity contribution in [3.8, 4) is 0 Å². The fraction of sp³-hybridized carbons (Fsp3) is 0.444. The first-order valence-corrected chi connectivity index (χ1v) is 10.5. The Balaban J connectivity index is 1.69. The van der Waals surface area contributed by atoms with Crippen molar-refractivity contribution >= 4 is 21.8 Å². The maximum Gasteiger partial charge on any atom is 0.227 e. The fourth-order valence-electron chi connectivity index (χ4n) is 3.07. The van der Waals surface area contributed by atoms with E-state index in [1.807, 2.05) is 36.9 Å². The van der Waals surface area contributed by atoms with Crippen molar-refractivity contribution in [2.24, 2.45) is 0 Å². The Kier molecular flexibility index (Phi) is 5.80. The molecule has 3 rings (SSSR count). The van der Waals surface area contributed by atoms with Gasteiger partial charge in [0.15, 0.2) is 0 Å². The minimum absolute atomic E-state index is 0.0950. The molecule has 1 aromatic heterocycles. The molecule has 0 spiro atoms. The fourth-order valence-corrected chi connectivity index (χ4v) is 4.56. The number of aryl methyl sites for hydroxylation is 1. The molecule has 0 unspecified atom stereocenters. The smallest absolute Gasteiger partial charge is 0.227 e. The number of hydrogen-bond donors (Lipinski definition) is 0. The van der Waals surface area contributed by atoms with E-state index in [0.29, 0.717) is 19.0 Å². The lowest BCUT2D eigenvalue weighted by molar-refractivity contribution is 0.382. The molecule has 2 heterocycles. The van der Waals surface area contributed by atoms with Crippen LogP contribution in [0.2, 0.25) is 0 Å². The lowest BCUT2D eigenvalue weighted by Gasteiger charge is -2.34. The summed E-state index contributed by atoms with van der Waals surface area (Å²) in [4.78, 5) is 12.8. The molecular formula is C18H23F2N5O2S. The van der Waals surface area contributed by atoms with E-state index < -0.39 is 27.4 Å². The van der Waals surface area contributed by atoms with Gasteiger partial charge in [-0.15, -0.1) is 0 Å². The summed E-state index contributed by atoms with van der Waals surface area (Å²) < 4.78 is 53.3. The van der Waals surface area contributed by atoms with Gasteiger partial charge in [0, 0.05) is 58.1 Å². The summed E-state index contributed by atoms with van der Waals surface area (Å²) in [5.74, 6) is -0.668. The Morgan fingerprint density at radius 3 is 2.18 bits per heavy atom. The highest BCUT2D eigenvalue weighted by Crippen LogP contribution is 2.20. The molecule has 1 aromatic carbocycles. The molecule has 10 heteroatoms. The summed E-state index contributed by atoms with van der Waals surface area (Å²) in [6, 6.07) is 4.68. The van der Waals surface area contributed by atoms with E-state index in [1.54, 1.807) is 0 Å². The van der Waals surface area contributed by atoms with Crippen LogP contribution in [0.5, 0.6) is 0 Å². The highest BCUT2D eigenvalue weighted by Gasteiger charge is 2.28. The maximum atomic E-state index is 13.3. The number of nitrogens with zero attached hydrogens (tertiary/aromatic N) is 5. The second kappa shape index (κ2) is 7.96. The summed E-state index contributed by atoms with van der Waals surface area (Å²) in [7, 11) is 0.107. The Morgan fingerprint density at radius 1 is 1.00 bits per heavy atom. The van der Waals surface area contributed by atoms with E-state index in [-0.39, 0.29) is 18.7 Å². The number of anilines is 2. The van der Waals surface area contributed by atoms with Crippen LogP contribution in [-0.2, 0) is 15.8 Å². The first-order chi connectivity index (χ1) is 13.1. The lowest BCUT2D eigenvalue weighted by atomic mass is 10.2. The van der Waals surface area contributed by atoms with Crippen molar-refractivity contribution < 1.29 is 17.2 Å². The second-order valence-corrected chi connectivity index (χ2v) is 8.95. The molecule has 1 fully saturated rings. The van der Waals surface area contributed by atoms with Gasteiger partial charge in [-0.2, -0.15) is 9.29 Å². The highest BCUT2D eigenvalue weighted by molar-refractivity contribution is 7.88.